The maximum Gasteiger partial charge on any atom is 0.233 e. The highest BCUT2D eigenvalue weighted by atomic mass is 32.1. The van der Waals surface area contributed by atoms with E-state index >= 15 is 0 Å². The molecular formula is C16H28N2OS. The van der Waals surface area contributed by atoms with Gasteiger partial charge in [0.2, 0.25) is 5.91 Å². The first kappa shape index (κ1) is 15.7. The van der Waals surface area contributed by atoms with Gasteiger partial charge in [-0.15, -0.1) is 0 Å². The first-order chi connectivity index (χ1) is 9.49. The van der Waals surface area contributed by atoms with Crippen molar-refractivity contribution >= 4 is 23.1 Å². The Morgan fingerprint density at radius 2 is 1.55 bits per heavy atom. The third kappa shape index (κ3) is 3.33. The van der Waals surface area contributed by atoms with Crippen molar-refractivity contribution in [3.8, 4) is 0 Å². The lowest BCUT2D eigenvalue weighted by Crippen LogP contribution is -2.52. The minimum Gasteiger partial charge on any atom is -0.392 e. The van der Waals surface area contributed by atoms with Crippen LogP contribution in [0, 0.1) is 10.8 Å². The Bertz CT molecular complexity index is 369. The fourth-order valence-electron chi connectivity index (χ4n) is 3.79. The molecule has 0 aromatic rings. The summed E-state index contributed by atoms with van der Waals surface area (Å²) in [4.78, 5) is 13.1. The van der Waals surface area contributed by atoms with E-state index in [4.69, 9.17) is 18.0 Å². The molecule has 2 rings (SSSR count). The molecule has 0 heterocycles. The largest absolute Gasteiger partial charge is 0.392 e. The van der Waals surface area contributed by atoms with Crippen LogP contribution in [0.1, 0.15) is 71.1 Å². The molecular weight excluding hydrogens is 268 g/mol. The number of amides is 1. The van der Waals surface area contributed by atoms with Crippen molar-refractivity contribution in [2.45, 2.75) is 71.1 Å². The van der Waals surface area contributed by atoms with Gasteiger partial charge in [0.15, 0.2) is 0 Å². The van der Waals surface area contributed by atoms with Crippen LogP contribution in [0.3, 0.4) is 0 Å². The fourth-order valence-corrected chi connectivity index (χ4v) is 4.08. The smallest absolute Gasteiger partial charge is 0.233 e. The van der Waals surface area contributed by atoms with Gasteiger partial charge in [-0.25, -0.2) is 0 Å². The van der Waals surface area contributed by atoms with Crippen LogP contribution < -0.4 is 11.1 Å². The minimum absolute atomic E-state index is 0.0801. The zero-order chi connectivity index (χ0) is 14.6. The van der Waals surface area contributed by atoms with Crippen LogP contribution in [-0.4, -0.2) is 17.4 Å². The van der Waals surface area contributed by atoms with Gasteiger partial charge in [-0.1, -0.05) is 57.7 Å². The van der Waals surface area contributed by atoms with Gasteiger partial charge in [-0.3, -0.25) is 4.79 Å². The van der Waals surface area contributed by atoms with E-state index in [2.05, 4.69) is 12.2 Å². The molecule has 2 saturated carbocycles. The molecule has 2 aliphatic rings. The van der Waals surface area contributed by atoms with Gasteiger partial charge in [0, 0.05) is 6.54 Å². The van der Waals surface area contributed by atoms with Crippen LogP contribution in [0.25, 0.3) is 0 Å². The molecule has 0 aromatic heterocycles. The lowest BCUT2D eigenvalue weighted by molar-refractivity contribution is -0.129. The normalized spacial score (nSPS) is 24.9. The van der Waals surface area contributed by atoms with Crippen LogP contribution in [0.5, 0.6) is 0 Å². The molecule has 0 spiro atoms. The van der Waals surface area contributed by atoms with E-state index in [-0.39, 0.29) is 11.3 Å². The number of hydrogen-bond donors (Lipinski definition) is 2. The number of carbonyl (C=O) groups is 1. The standard InChI is InChI=1S/C16H28N2OS/c1-15(8-4-2-5-9-15)12-18-14(19)16(13(17)20)10-6-3-7-11-16/h2-12H2,1H3,(H2,17,20)(H,18,19). The predicted molar refractivity (Wildman–Crippen MR) is 86.5 cm³/mol. The Kier molecular flexibility index (Phi) is 5.05. The fraction of sp³-hybridized carbons (Fsp3) is 0.875. The first-order valence-corrected chi connectivity index (χ1v) is 8.48. The van der Waals surface area contributed by atoms with E-state index in [1.807, 2.05) is 0 Å². The van der Waals surface area contributed by atoms with Crippen molar-refractivity contribution < 1.29 is 4.79 Å². The third-order valence-corrected chi connectivity index (χ3v) is 5.74. The summed E-state index contributed by atoms with van der Waals surface area (Å²) in [7, 11) is 0. The molecule has 20 heavy (non-hydrogen) atoms. The highest BCUT2D eigenvalue weighted by Gasteiger charge is 2.42. The number of hydrogen-bond acceptors (Lipinski definition) is 2. The highest BCUT2D eigenvalue weighted by Crippen LogP contribution is 2.38. The Morgan fingerprint density at radius 3 is 2.05 bits per heavy atom. The molecule has 0 aromatic carbocycles. The lowest BCUT2D eigenvalue weighted by atomic mass is 9.72. The molecule has 0 saturated heterocycles. The average molecular weight is 296 g/mol. The van der Waals surface area contributed by atoms with Gasteiger partial charge < -0.3 is 11.1 Å². The molecule has 0 atom stereocenters. The van der Waals surface area contributed by atoms with Crippen LogP contribution in [0.4, 0.5) is 0 Å². The van der Waals surface area contributed by atoms with Crippen LogP contribution >= 0.6 is 12.2 Å². The molecule has 4 heteroatoms. The van der Waals surface area contributed by atoms with Crippen molar-refractivity contribution in [3.63, 3.8) is 0 Å². The topological polar surface area (TPSA) is 55.1 Å². The second-order valence-electron chi connectivity index (χ2n) is 7.06. The lowest BCUT2D eigenvalue weighted by Gasteiger charge is -2.38. The zero-order valence-electron chi connectivity index (χ0n) is 12.7. The summed E-state index contributed by atoms with van der Waals surface area (Å²) < 4.78 is 0. The number of nitrogens with two attached hydrogens (primary N) is 1. The van der Waals surface area contributed by atoms with E-state index in [1.54, 1.807) is 0 Å². The molecule has 0 radical (unpaired) electrons. The Morgan fingerprint density at radius 1 is 1.05 bits per heavy atom. The molecule has 0 aliphatic heterocycles. The summed E-state index contributed by atoms with van der Waals surface area (Å²) in [5.74, 6) is 0.0801. The molecule has 1 amide bonds. The van der Waals surface area contributed by atoms with E-state index in [1.165, 1.54) is 38.5 Å². The van der Waals surface area contributed by atoms with Crippen molar-refractivity contribution in [1.82, 2.24) is 5.32 Å². The summed E-state index contributed by atoms with van der Waals surface area (Å²) >= 11 is 5.22. The molecule has 114 valence electrons. The first-order valence-electron chi connectivity index (χ1n) is 8.07. The zero-order valence-corrected chi connectivity index (χ0v) is 13.5. The average Bonchev–Trinajstić information content (AvgIpc) is 2.46. The summed E-state index contributed by atoms with van der Waals surface area (Å²) in [6, 6.07) is 0. The number of rotatable bonds is 4. The van der Waals surface area contributed by atoms with Gasteiger partial charge >= 0.3 is 0 Å². The SMILES string of the molecule is CC1(CNC(=O)C2(C(N)=S)CCCCC2)CCCCC1. The number of thiocarbonyl (C=S) groups is 1. The monoisotopic (exact) mass is 296 g/mol. The van der Waals surface area contributed by atoms with Crippen LogP contribution in [-0.2, 0) is 4.79 Å². The van der Waals surface area contributed by atoms with Gasteiger partial charge in [-0.05, 0) is 31.1 Å². The summed E-state index contributed by atoms with van der Waals surface area (Å²) in [6.45, 7) is 3.07. The van der Waals surface area contributed by atoms with Gasteiger partial charge in [0.1, 0.15) is 0 Å². The van der Waals surface area contributed by atoms with E-state index in [0.29, 0.717) is 4.99 Å². The maximum absolute atomic E-state index is 12.7. The van der Waals surface area contributed by atoms with Gasteiger partial charge in [0.25, 0.3) is 0 Å². The van der Waals surface area contributed by atoms with Crippen molar-refractivity contribution in [3.05, 3.63) is 0 Å². The third-order valence-electron chi connectivity index (χ3n) is 5.35. The molecule has 2 fully saturated rings. The number of nitrogens with one attached hydrogen (secondary N) is 1. The molecule has 3 nitrogen and oxygen atoms in total. The molecule has 3 N–H and O–H groups in total. The van der Waals surface area contributed by atoms with Crippen molar-refractivity contribution in [1.29, 1.82) is 0 Å². The Hall–Kier alpha value is -0.640. The maximum atomic E-state index is 12.7. The number of carbonyl (C=O) groups excluding carboxylic acids is 1. The summed E-state index contributed by atoms with van der Waals surface area (Å²) in [5, 5.41) is 3.18. The van der Waals surface area contributed by atoms with Gasteiger partial charge in [0.05, 0.1) is 10.4 Å². The molecule has 2 aliphatic carbocycles. The highest BCUT2D eigenvalue weighted by molar-refractivity contribution is 7.80. The second kappa shape index (κ2) is 6.42. The van der Waals surface area contributed by atoms with E-state index < -0.39 is 5.41 Å². The van der Waals surface area contributed by atoms with Crippen molar-refractivity contribution in [2.75, 3.05) is 6.54 Å². The second-order valence-corrected chi connectivity index (χ2v) is 7.50. The van der Waals surface area contributed by atoms with Crippen LogP contribution in [0.2, 0.25) is 0 Å². The molecule has 0 unspecified atom stereocenters. The van der Waals surface area contributed by atoms with Crippen LogP contribution in [0.15, 0.2) is 0 Å². The van der Waals surface area contributed by atoms with Crippen molar-refractivity contribution in [2.24, 2.45) is 16.6 Å². The minimum atomic E-state index is -0.571. The van der Waals surface area contributed by atoms with E-state index in [9.17, 15) is 4.79 Å². The summed E-state index contributed by atoms with van der Waals surface area (Å²) in [6.07, 6.45) is 11.3. The Labute approximate surface area is 128 Å². The quantitative estimate of drug-likeness (QED) is 0.783. The predicted octanol–water partition coefficient (Wildman–Crippen LogP) is 3.31. The summed E-state index contributed by atoms with van der Waals surface area (Å²) in [5.41, 5.74) is 5.61. The Balaban J connectivity index is 1.96. The molecule has 0 bridgehead atoms. The van der Waals surface area contributed by atoms with Gasteiger partial charge in [-0.2, -0.15) is 0 Å². The van der Waals surface area contributed by atoms with E-state index in [0.717, 1.165) is 32.2 Å².